The summed E-state index contributed by atoms with van der Waals surface area (Å²) in [5, 5.41) is 0. The molecular formula is C8H7F3S. The van der Waals surface area contributed by atoms with E-state index in [1.807, 2.05) is 0 Å². The molecule has 0 saturated carbocycles. The van der Waals surface area contributed by atoms with Crippen molar-refractivity contribution in [2.24, 2.45) is 0 Å². The first kappa shape index (κ1) is 9.45. The molecule has 0 bridgehead atoms. The van der Waals surface area contributed by atoms with Gasteiger partial charge in [0.15, 0.2) is 0 Å². The maximum Gasteiger partial charge on any atom is 0.288 e. The molecule has 0 heterocycles. The third kappa shape index (κ3) is 2.44. The predicted octanol–water partition coefficient (Wildman–Crippen LogP) is 3.45. The van der Waals surface area contributed by atoms with E-state index >= 15 is 0 Å². The van der Waals surface area contributed by atoms with Crippen molar-refractivity contribution >= 4 is 11.8 Å². The lowest BCUT2D eigenvalue weighted by molar-refractivity contribution is 0.252. The molecule has 0 aromatic heterocycles. The van der Waals surface area contributed by atoms with Gasteiger partial charge in [-0.25, -0.2) is 4.39 Å². The molecule has 0 aliphatic carbocycles. The van der Waals surface area contributed by atoms with Crippen molar-refractivity contribution in [2.45, 2.75) is 17.6 Å². The van der Waals surface area contributed by atoms with Crippen LogP contribution in [0.4, 0.5) is 13.2 Å². The maximum absolute atomic E-state index is 12.6. The van der Waals surface area contributed by atoms with Gasteiger partial charge in [0.05, 0.1) is 0 Å². The number of aryl methyl sites for hydroxylation is 1. The second kappa shape index (κ2) is 3.85. The van der Waals surface area contributed by atoms with Gasteiger partial charge in [-0.05, 0) is 30.7 Å². The zero-order valence-electron chi connectivity index (χ0n) is 6.35. The SMILES string of the molecule is Cc1cc(SC(F)F)ccc1F. The van der Waals surface area contributed by atoms with Crippen molar-refractivity contribution in [3.63, 3.8) is 0 Å². The Morgan fingerprint density at radius 1 is 1.33 bits per heavy atom. The highest BCUT2D eigenvalue weighted by molar-refractivity contribution is 7.99. The van der Waals surface area contributed by atoms with Crippen molar-refractivity contribution < 1.29 is 13.2 Å². The lowest BCUT2D eigenvalue weighted by Gasteiger charge is -2.01. The molecule has 12 heavy (non-hydrogen) atoms. The summed E-state index contributed by atoms with van der Waals surface area (Å²) < 4.78 is 36.3. The molecule has 0 spiro atoms. The van der Waals surface area contributed by atoms with Crippen LogP contribution in [-0.2, 0) is 0 Å². The van der Waals surface area contributed by atoms with Gasteiger partial charge in [-0.3, -0.25) is 0 Å². The summed E-state index contributed by atoms with van der Waals surface area (Å²) in [5.41, 5.74) is 0.389. The van der Waals surface area contributed by atoms with Crippen LogP contribution in [0.1, 0.15) is 5.56 Å². The summed E-state index contributed by atoms with van der Waals surface area (Å²) in [6.45, 7) is 1.55. The first-order valence-corrected chi connectivity index (χ1v) is 4.18. The van der Waals surface area contributed by atoms with E-state index in [-0.39, 0.29) is 5.82 Å². The molecule has 4 heteroatoms. The van der Waals surface area contributed by atoms with Crippen molar-refractivity contribution in [3.05, 3.63) is 29.6 Å². The van der Waals surface area contributed by atoms with Gasteiger partial charge in [-0.1, -0.05) is 11.8 Å². The summed E-state index contributed by atoms with van der Waals surface area (Å²) in [6.07, 6.45) is 0. The summed E-state index contributed by atoms with van der Waals surface area (Å²) in [5.74, 6) is -2.82. The van der Waals surface area contributed by atoms with E-state index in [2.05, 4.69) is 0 Å². The van der Waals surface area contributed by atoms with E-state index in [9.17, 15) is 13.2 Å². The molecule has 0 amide bonds. The Kier molecular flexibility index (Phi) is 3.03. The van der Waals surface area contributed by atoms with Gasteiger partial charge in [0.2, 0.25) is 0 Å². The summed E-state index contributed by atoms with van der Waals surface area (Å²) in [4.78, 5) is 0.393. The van der Waals surface area contributed by atoms with E-state index in [1.165, 1.54) is 18.2 Å². The summed E-state index contributed by atoms with van der Waals surface area (Å²) in [6, 6.07) is 3.95. The second-order valence-electron chi connectivity index (χ2n) is 2.29. The Hall–Kier alpha value is -0.640. The van der Waals surface area contributed by atoms with Crippen LogP contribution in [-0.4, -0.2) is 5.76 Å². The van der Waals surface area contributed by atoms with Crippen LogP contribution in [0.15, 0.2) is 23.1 Å². The van der Waals surface area contributed by atoms with Crippen LogP contribution in [0.5, 0.6) is 0 Å². The number of alkyl halides is 2. The Morgan fingerprint density at radius 3 is 2.50 bits per heavy atom. The van der Waals surface area contributed by atoms with Gasteiger partial charge in [-0.15, -0.1) is 0 Å². The number of rotatable bonds is 2. The Balaban J connectivity index is 2.82. The number of thioether (sulfide) groups is 1. The topological polar surface area (TPSA) is 0 Å². The minimum Gasteiger partial charge on any atom is -0.207 e. The van der Waals surface area contributed by atoms with Gasteiger partial charge in [-0.2, -0.15) is 8.78 Å². The molecule has 0 fully saturated rings. The van der Waals surface area contributed by atoms with Gasteiger partial charge in [0, 0.05) is 4.90 Å². The fourth-order valence-electron chi connectivity index (χ4n) is 0.793. The highest BCUT2D eigenvalue weighted by atomic mass is 32.2. The summed E-state index contributed by atoms with van der Waals surface area (Å²) >= 11 is 0.421. The monoisotopic (exact) mass is 192 g/mol. The molecule has 0 N–H and O–H groups in total. The Bertz CT molecular complexity index is 273. The van der Waals surface area contributed by atoms with Crippen molar-refractivity contribution in [3.8, 4) is 0 Å². The highest BCUT2D eigenvalue weighted by Gasteiger charge is 2.06. The molecule has 0 aliphatic heterocycles. The van der Waals surface area contributed by atoms with Crippen LogP contribution in [0.3, 0.4) is 0 Å². The average Bonchev–Trinajstić information content (AvgIpc) is 1.96. The number of hydrogen-bond acceptors (Lipinski definition) is 1. The first-order valence-electron chi connectivity index (χ1n) is 3.30. The van der Waals surface area contributed by atoms with Crippen LogP contribution < -0.4 is 0 Å². The van der Waals surface area contributed by atoms with Crippen LogP contribution in [0.25, 0.3) is 0 Å². The maximum atomic E-state index is 12.6. The largest absolute Gasteiger partial charge is 0.288 e. The zero-order valence-corrected chi connectivity index (χ0v) is 7.17. The molecule has 0 saturated heterocycles. The Morgan fingerprint density at radius 2 is 2.00 bits per heavy atom. The fourth-order valence-corrected chi connectivity index (χ4v) is 1.39. The van der Waals surface area contributed by atoms with Crippen LogP contribution in [0.2, 0.25) is 0 Å². The quantitative estimate of drug-likeness (QED) is 0.647. The molecule has 0 atom stereocenters. The van der Waals surface area contributed by atoms with Gasteiger partial charge >= 0.3 is 0 Å². The van der Waals surface area contributed by atoms with E-state index < -0.39 is 5.76 Å². The molecule has 1 rings (SSSR count). The van der Waals surface area contributed by atoms with Crippen molar-refractivity contribution in [1.29, 1.82) is 0 Å². The van der Waals surface area contributed by atoms with E-state index in [0.29, 0.717) is 22.2 Å². The molecule has 1 aromatic carbocycles. The lowest BCUT2D eigenvalue weighted by Crippen LogP contribution is -1.85. The number of hydrogen-bond donors (Lipinski definition) is 0. The minimum absolute atomic E-state index is 0.367. The molecule has 66 valence electrons. The lowest BCUT2D eigenvalue weighted by atomic mass is 10.2. The third-order valence-corrected chi connectivity index (χ3v) is 2.06. The second-order valence-corrected chi connectivity index (χ2v) is 3.35. The van der Waals surface area contributed by atoms with Gasteiger partial charge in [0.25, 0.3) is 5.76 Å². The molecule has 0 radical (unpaired) electrons. The fraction of sp³-hybridized carbons (Fsp3) is 0.250. The molecule has 0 unspecified atom stereocenters. The van der Waals surface area contributed by atoms with Crippen molar-refractivity contribution in [1.82, 2.24) is 0 Å². The normalized spacial score (nSPS) is 10.8. The molecular weight excluding hydrogens is 185 g/mol. The third-order valence-electron chi connectivity index (χ3n) is 1.35. The van der Waals surface area contributed by atoms with Crippen LogP contribution in [0, 0.1) is 12.7 Å². The van der Waals surface area contributed by atoms with E-state index in [1.54, 1.807) is 6.92 Å². The van der Waals surface area contributed by atoms with Gasteiger partial charge in [0.1, 0.15) is 5.82 Å². The summed E-state index contributed by atoms with van der Waals surface area (Å²) in [7, 11) is 0. The van der Waals surface area contributed by atoms with Crippen LogP contribution >= 0.6 is 11.8 Å². The molecule has 0 nitrogen and oxygen atoms in total. The highest BCUT2D eigenvalue weighted by Crippen LogP contribution is 2.26. The van der Waals surface area contributed by atoms with E-state index in [0.717, 1.165) is 0 Å². The van der Waals surface area contributed by atoms with Crippen molar-refractivity contribution in [2.75, 3.05) is 0 Å². The number of halogens is 3. The molecule has 1 aromatic rings. The Labute approximate surface area is 72.8 Å². The number of benzene rings is 1. The zero-order chi connectivity index (χ0) is 9.14. The standard InChI is InChI=1S/C8H7F3S/c1-5-4-6(12-8(10)11)2-3-7(5)9/h2-4,8H,1H3. The van der Waals surface area contributed by atoms with Gasteiger partial charge < -0.3 is 0 Å². The smallest absolute Gasteiger partial charge is 0.207 e. The average molecular weight is 192 g/mol. The predicted molar refractivity (Wildman–Crippen MR) is 43.0 cm³/mol. The minimum atomic E-state index is -2.45. The molecule has 0 aliphatic rings. The first-order chi connectivity index (χ1) is 5.59. The van der Waals surface area contributed by atoms with E-state index in [4.69, 9.17) is 0 Å².